The number of hydrogen-bond acceptors (Lipinski definition) is 5. The molecule has 0 aromatic heterocycles. The maximum absolute atomic E-state index is 13.3. The highest BCUT2D eigenvalue weighted by Gasteiger charge is 2.31. The van der Waals surface area contributed by atoms with Gasteiger partial charge < -0.3 is 14.2 Å². The topological polar surface area (TPSA) is 65.1 Å². The van der Waals surface area contributed by atoms with Gasteiger partial charge in [0.2, 0.25) is 10.0 Å². The summed E-state index contributed by atoms with van der Waals surface area (Å²) in [4.78, 5) is 0.103. The van der Waals surface area contributed by atoms with Gasteiger partial charge in [-0.2, -0.15) is 4.31 Å². The van der Waals surface area contributed by atoms with Gasteiger partial charge in [-0.25, -0.2) is 12.8 Å². The molecule has 3 heterocycles. The standard InChI is InChI=1S/C16H21BrFNO4S.C5H8O/c17-14-11-13(4-5-15(14)18)24(20,21)19-8-6-12(7-9-19)23-16-3-1-2-10-22-16;1-2-4-6-5-3-1/h4-5,11-12,16H,1-3,6-10H2;2,4H,1,3,5H2. The molecule has 168 valence electrons. The van der Waals surface area contributed by atoms with Crippen LogP contribution in [0.4, 0.5) is 4.39 Å². The molecule has 30 heavy (non-hydrogen) atoms. The van der Waals surface area contributed by atoms with E-state index in [1.165, 1.54) is 29.3 Å². The van der Waals surface area contributed by atoms with Gasteiger partial charge in [0.15, 0.2) is 6.29 Å². The molecule has 1 unspecified atom stereocenters. The third kappa shape index (κ3) is 6.75. The number of ether oxygens (including phenoxy) is 3. The quantitative estimate of drug-likeness (QED) is 0.598. The van der Waals surface area contributed by atoms with Gasteiger partial charge in [-0.3, -0.25) is 0 Å². The molecule has 3 aliphatic heterocycles. The van der Waals surface area contributed by atoms with Crippen LogP contribution >= 0.6 is 15.9 Å². The molecule has 0 radical (unpaired) electrons. The van der Waals surface area contributed by atoms with Crippen LogP contribution in [0.5, 0.6) is 0 Å². The Bertz CT molecular complexity index is 798. The first kappa shape index (κ1) is 23.7. The lowest BCUT2D eigenvalue weighted by Gasteiger charge is -2.34. The number of rotatable bonds is 4. The lowest BCUT2D eigenvalue weighted by Crippen LogP contribution is -2.42. The fourth-order valence-electron chi connectivity index (χ4n) is 3.52. The predicted octanol–water partition coefficient (Wildman–Crippen LogP) is 4.60. The summed E-state index contributed by atoms with van der Waals surface area (Å²) in [5.41, 5.74) is 0. The van der Waals surface area contributed by atoms with Crippen molar-refractivity contribution >= 4 is 26.0 Å². The summed E-state index contributed by atoms with van der Waals surface area (Å²) < 4.78 is 56.6. The van der Waals surface area contributed by atoms with E-state index in [1.807, 2.05) is 6.08 Å². The average molecular weight is 506 g/mol. The molecule has 3 aliphatic rings. The molecule has 0 saturated carbocycles. The van der Waals surface area contributed by atoms with Crippen LogP contribution in [0.2, 0.25) is 0 Å². The SMILES string of the molecule is C1=COCCC1.O=S(=O)(c1ccc(F)c(Br)c1)N1CCC(OC2CCCCO2)CC1. The molecule has 9 heteroatoms. The van der Waals surface area contributed by atoms with E-state index >= 15 is 0 Å². The molecule has 1 atom stereocenters. The van der Waals surface area contributed by atoms with Gasteiger partial charge in [-0.05, 0) is 85.2 Å². The Morgan fingerprint density at radius 3 is 2.43 bits per heavy atom. The normalized spacial score (nSPS) is 23.3. The number of benzene rings is 1. The summed E-state index contributed by atoms with van der Waals surface area (Å²) in [7, 11) is -3.61. The summed E-state index contributed by atoms with van der Waals surface area (Å²) in [6.07, 6.45) is 10.4. The van der Waals surface area contributed by atoms with Gasteiger partial charge in [-0.15, -0.1) is 0 Å². The minimum Gasteiger partial charge on any atom is -0.502 e. The van der Waals surface area contributed by atoms with Crippen molar-refractivity contribution in [3.8, 4) is 0 Å². The van der Waals surface area contributed by atoms with Crippen LogP contribution < -0.4 is 0 Å². The fourth-order valence-corrected chi connectivity index (χ4v) is 5.54. The second-order valence-electron chi connectivity index (χ2n) is 7.50. The van der Waals surface area contributed by atoms with Crippen molar-refractivity contribution in [2.24, 2.45) is 0 Å². The Morgan fingerprint density at radius 1 is 1.10 bits per heavy atom. The molecule has 1 aromatic carbocycles. The number of nitrogens with zero attached hydrogens (tertiary/aromatic N) is 1. The summed E-state index contributed by atoms with van der Waals surface area (Å²) in [5, 5.41) is 0. The third-order valence-electron chi connectivity index (χ3n) is 5.24. The van der Waals surface area contributed by atoms with Crippen LogP contribution in [-0.2, 0) is 24.2 Å². The predicted molar refractivity (Wildman–Crippen MR) is 115 cm³/mol. The summed E-state index contributed by atoms with van der Waals surface area (Å²) in [5.74, 6) is -0.478. The molecular formula is C21H29BrFNO5S. The van der Waals surface area contributed by atoms with Crippen molar-refractivity contribution in [1.82, 2.24) is 4.31 Å². The van der Waals surface area contributed by atoms with E-state index in [9.17, 15) is 12.8 Å². The summed E-state index contributed by atoms with van der Waals surface area (Å²) in [6.45, 7) is 2.44. The number of piperidine rings is 1. The lowest BCUT2D eigenvalue weighted by atomic mass is 10.1. The Kier molecular flexibility index (Phi) is 9.13. The lowest BCUT2D eigenvalue weighted by molar-refractivity contribution is -0.193. The zero-order chi connectivity index (χ0) is 21.4. The molecule has 0 aliphatic carbocycles. The first-order chi connectivity index (χ1) is 14.5. The molecule has 0 N–H and O–H groups in total. The van der Waals surface area contributed by atoms with Crippen molar-refractivity contribution < 1.29 is 27.0 Å². The number of hydrogen-bond donors (Lipinski definition) is 0. The largest absolute Gasteiger partial charge is 0.502 e. The van der Waals surface area contributed by atoms with Crippen LogP contribution in [0.15, 0.2) is 39.9 Å². The van der Waals surface area contributed by atoms with Gasteiger partial charge in [0, 0.05) is 19.7 Å². The Labute approximate surface area is 186 Å². The van der Waals surface area contributed by atoms with Crippen LogP contribution in [0, 0.1) is 5.82 Å². The molecule has 0 amide bonds. The zero-order valence-electron chi connectivity index (χ0n) is 17.0. The van der Waals surface area contributed by atoms with E-state index < -0.39 is 15.8 Å². The molecule has 6 nitrogen and oxygen atoms in total. The van der Waals surface area contributed by atoms with Gasteiger partial charge in [-0.1, -0.05) is 0 Å². The summed E-state index contributed by atoms with van der Waals surface area (Å²) >= 11 is 3.04. The van der Waals surface area contributed by atoms with E-state index in [-0.39, 0.29) is 21.8 Å². The monoisotopic (exact) mass is 505 g/mol. The molecule has 1 aromatic rings. The Morgan fingerprint density at radius 2 is 1.90 bits per heavy atom. The van der Waals surface area contributed by atoms with Crippen LogP contribution in [0.25, 0.3) is 0 Å². The molecule has 0 bridgehead atoms. The number of halogens is 2. The van der Waals surface area contributed by atoms with Gasteiger partial charge in [0.1, 0.15) is 5.82 Å². The van der Waals surface area contributed by atoms with Crippen molar-refractivity contribution in [1.29, 1.82) is 0 Å². The Balaban J connectivity index is 0.000000367. The van der Waals surface area contributed by atoms with E-state index in [1.54, 1.807) is 6.26 Å². The molecular weight excluding hydrogens is 477 g/mol. The Hall–Kier alpha value is -1.00. The highest BCUT2D eigenvalue weighted by molar-refractivity contribution is 9.10. The molecule has 4 rings (SSSR count). The average Bonchev–Trinajstić information content (AvgIpc) is 2.78. The maximum Gasteiger partial charge on any atom is 0.243 e. The van der Waals surface area contributed by atoms with Crippen LogP contribution in [0.1, 0.15) is 44.9 Å². The smallest absolute Gasteiger partial charge is 0.243 e. The zero-order valence-corrected chi connectivity index (χ0v) is 19.4. The van der Waals surface area contributed by atoms with Crippen molar-refractivity contribution in [3.63, 3.8) is 0 Å². The highest BCUT2D eigenvalue weighted by atomic mass is 79.9. The molecule has 0 spiro atoms. The minimum absolute atomic E-state index is 0.0273. The number of allylic oxidation sites excluding steroid dienone is 1. The second kappa shape index (κ2) is 11.6. The highest BCUT2D eigenvalue weighted by Crippen LogP contribution is 2.27. The van der Waals surface area contributed by atoms with Crippen molar-refractivity contribution in [3.05, 3.63) is 40.8 Å². The van der Waals surface area contributed by atoms with E-state index in [0.717, 1.165) is 38.5 Å². The van der Waals surface area contributed by atoms with Crippen LogP contribution in [0.3, 0.4) is 0 Å². The third-order valence-corrected chi connectivity index (χ3v) is 7.74. The molecule has 2 saturated heterocycles. The minimum atomic E-state index is -3.61. The first-order valence-electron chi connectivity index (χ1n) is 10.5. The van der Waals surface area contributed by atoms with Gasteiger partial charge >= 0.3 is 0 Å². The van der Waals surface area contributed by atoms with E-state index in [4.69, 9.17) is 14.2 Å². The molecule has 2 fully saturated rings. The second-order valence-corrected chi connectivity index (χ2v) is 10.3. The van der Waals surface area contributed by atoms with E-state index in [2.05, 4.69) is 15.9 Å². The van der Waals surface area contributed by atoms with Crippen molar-refractivity contribution in [2.45, 2.75) is 62.2 Å². The van der Waals surface area contributed by atoms with Crippen molar-refractivity contribution in [2.75, 3.05) is 26.3 Å². The van der Waals surface area contributed by atoms with Gasteiger partial charge in [0.05, 0.1) is 28.3 Å². The fraction of sp³-hybridized carbons (Fsp3) is 0.619. The van der Waals surface area contributed by atoms with Crippen LogP contribution in [-0.4, -0.2) is 51.4 Å². The summed E-state index contributed by atoms with van der Waals surface area (Å²) in [6, 6.07) is 3.77. The first-order valence-corrected chi connectivity index (χ1v) is 12.7. The van der Waals surface area contributed by atoms with Gasteiger partial charge in [0.25, 0.3) is 0 Å². The maximum atomic E-state index is 13.3. The number of sulfonamides is 1. The van der Waals surface area contributed by atoms with E-state index in [0.29, 0.717) is 25.9 Å².